The topological polar surface area (TPSA) is 62.9 Å². The molecule has 1 spiro atoms. The highest BCUT2D eigenvalue weighted by Gasteiger charge is 2.44. The van der Waals surface area contributed by atoms with Crippen molar-refractivity contribution >= 4 is 5.91 Å². The monoisotopic (exact) mass is 341 g/mol. The highest BCUT2D eigenvalue weighted by molar-refractivity contribution is 5.91. The summed E-state index contributed by atoms with van der Waals surface area (Å²) in [6, 6.07) is 7.46. The number of carbonyl (C=O) groups is 1. The third-order valence-corrected chi connectivity index (χ3v) is 5.57. The number of benzene rings is 1. The van der Waals surface area contributed by atoms with Gasteiger partial charge in [0.25, 0.3) is 5.91 Å². The minimum atomic E-state index is -0.518. The Kier molecular flexibility index (Phi) is 3.84. The van der Waals surface area contributed by atoms with Gasteiger partial charge in [-0.15, -0.1) is 0 Å². The molecule has 2 aliphatic heterocycles. The van der Waals surface area contributed by atoms with E-state index in [9.17, 15) is 9.90 Å². The van der Waals surface area contributed by atoms with E-state index in [1.54, 1.807) is 17.0 Å². The average molecular weight is 341 g/mol. The fourth-order valence-corrected chi connectivity index (χ4v) is 3.88. The van der Waals surface area contributed by atoms with Crippen molar-refractivity contribution in [3.05, 3.63) is 53.0 Å². The number of piperidine rings is 1. The molecular formula is C20H23NO4. The lowest BCUT2D eigenvalue weighted by molar-refractivity contribution is -0.0499. The second kappa shape index (κ2) is 5.92. The molecule has 1 saturated heterocycles. The SMILES string of the molecule is Cc1cc2c(cc1C)[C@@H](O)CC1(CCN(C(=O)c3ccco3)CC1)O2. The molecule has 0 unspecified atom stereocenters. The number of nitrogens with zero attached hydrogens (tertiary/aromatic N) is 1. The Morgan fingerprint density at radius 3 is 2.64 bits per heavy atom. The largest absolute Gasteiger partial charge is 0.487 e. The third-order valence-electron chi connectivity index (χ3n) is 5.57. The fourth-order valence-electron chi connectivity index (χ4n) is 3.88. The molecule has 0 saturated carbocycles. The molecule has 1 fully saturated rings. The smallest absolute Gasteiger partial charge is 0.289 e. The van der Waals surface area contributed by atoms with E-state index in [4.69, 9.17) is 9.15 Å². The van der Waals surface area contributed by atoms with Gasteiger partial charge in [-0.2, -0.15) is 0 Å². The van der Waals surface area contributed by atoms with Gasteiger partial charge in [0.1, 0.15) is 11.4 Å². The quantitative estimate of drug-likeness (QED) is 0.864. The van der Waals surface area contributed by atoms with Crippen LogP contribution >= 0.6 is 0 Å². The lowest BCUT2D eigenvalue weighted by Crippen LogP contribution is -2.51. The molecule has 132 valence electrons. The second-order valence-corrected chi connectivity index (χ2v) is 7.25. The van der Waals surface area contributed by atoms with Gasteiger partial charge in [0, 0.05) is 37.9 Å². The summed E-state index contributed by atoms with van der Waals surface area (Å²) in [7, 11) is 0. The Bertz CT molecular complexity index is 788. The van der Waals surface area contributed by atoms with Gasteiger partial charge < -0.3 is 19.2 Å². The number of carbonyl (C=O) groups excluding carboxylic acids is 1. The first kappa shape index (κ1) is 16.2. The normalized spacial score (nSPS) is 21.7. The molecule has 4 rings (SSSR count). The summed E-state index contributed by atoms with van der Waals surface area (Å²) in [5, 5.41) is 10.6. The molecule has 1 aromatic carbocycles. The van der Waals surface area contributed by atoms with Crippen molar-refractivity contribution in [1.29, 1.82) is 0 Å². The molecule has 1 aromatic heterocycles. The van der Waals surface area contributed by atoms with Crippen LogP contribution in [-0.2, 0) is 0 Å². The van der Waals surface area contributed by atoms with Crippen LogP contribution in [-0.4, -0.2) is 34.6 Å². The number of hydrogen-bond acceptors (Lipinski definition) is 4. The average Bonchev–Trinajstić information content (AvgIpc) is 3.11. The number of likely N-dealkylation sites (tertiary alicyclic amines) is 1. The highest BCUT2D eigenvalue weighted by Crippen LogP contribution is 2.45. The summed E-state index contributed by atoms with van der Waals surface area (Å²) in [5.41, 5.74) is 2.81. The standard InChI is InChI=1S/C20H23NO4/c1-13-10-15-16(22)12-20(25-18(15)11-14(13)2)5-7-21(8-6-20)19(23)17-4-3-9-24-17/h3-4,9-11,16,22H,5-8,12H2,1-2H3/t16-/m0/s1. The lowest BCUT2D eigenvalue weighted by atomic mass is 9.81. The number of ether oxygens (including phenoxy) is 1. The number of furan rings is 1. The Hall–Kier alpha value is -2.27. The molecule has 0 aliphatic carbocycles. The molecule has 0 bridgehead atoms. The maximum atomic E-state index is 12.4. The van der Waals surface area contributed by atoms with E-state index < -0.39 is 11.7 Å². The van der Waals surface area contributed by atoms with E-state index in [0.717, 1.165) is 22.4 Å². The molecule has 1 amide bonds. The van der Waals surface area contributed by atoms with Gasteiger partial charge in [-0.05, 0) is 49.2 Å². The summed E-state index contributed by atoms with van der Waals surface area (Å²) in [6.07, 6.45) is 2.99. The molecule has 1 atom stereocenters. The Balaban J connectivity index is 1.51. The summed E-state index contributed by atoms with van der Waals surface area (Å²) in [6.45, 7) is 5.31. The molecule has 2 aromatic rings. The first-order valence-corrected chi connectivity index (χ1v) is 8.78. The number of aliphatic hydroxyl groups is 1. The molecule has 5 heteroatoms. The van der Waals surface area contributed by atoms with Crippen LogP contribution in [0.5, 0.6) is 5.75 Å². The van der Waals surface area contributed by atoms with Gasteiger partial charge in [0.05, 0.1) is 12.4 Å². The minimum absolute atomic E-state index is 0.0805. The zero-order valence-electron chi connectivity index (χ0n) is 14.6. The van der Waals surface area contributed by atoms with Gasteiger partial charge in [0.2, 0.25) is 0 Å². The molecule has 3 heterocycles. The first-order valence-electron chi connectivity index (χ1n) is 8.78. The van der Waals surface area contributed by atoms with E-state index in [-0.39, 0.29) is 5.91 Å². The predicted octanol–water partition coefficient (Wildman–Crippen LogP) is 3.39. The zero-order valence-corrected chi connectivity index (χ0v) is 14.6. The number of hydrogen-bond donors (Lipinski definition) is 1. The number of rotatable bonds is 1. The predicted molar refractivity (Wildman–Crippen MR) is 92.7 cm³/mol. The molecule has 5 nitrogen and oxygen atoms in total. The number of aliphatic hydroxyl groups excluding tert-OH is 1. The molecule has 0 radical (unpaired) electrons. The molecule has 25 heavy (non-hydrogen) atoms. The van der Waals surface area contributed by atoms with Gasteiger partial charge in [-0.3, -0.25) is 4.79 Å². The summed E-state index contributed by atoms with van der Waals surface area (Å²) in [5.74, 6) is 1.08. The minimum Gasteiger partial charge on any atom is -0.487 e. The van der Waals surface area contributed by atoms with Crippen LogP contribution in [0.4, 0.5) is 0 Å². The Labute approximate surface area is 147 Å². The fraction of sp³-hybridized carbons (Fsp3) is 0.450. The lowest BCUT2D eigenvalue weighted by Gasteiger charge is -2.46. The van der Waals surface area contributed by atoms with Gasteiger partial charge in [-0.25, -0.2) is 0 Å². The van der Waals surface area contributed by atoms with E-state index in [0.29, 0.717) is 38.1 Å². The number of amides is 1. The number of fused-ring (bicyclic) bond motifs is 1. The van der Waals surface area contributed by atoms with Crippen LogP contribution in [0.1, 0.15) is 52.6 Å². The van der Waals surface area contributed by atoms with Crippen molar-refractivity contribution < 1.29 is 19.1 Å². The second-order valence-electron chi connectivity index (χ2n) is 7.25. The van der Waals surface area contributed by atoms with E-state index in [1.165, 1.54) is 6.26 Å². The summed E-state index contributed by atoms with van der Waals surface area (Å²) < 4.78 is 11.6. The van der Waals surface area contributed by atoms with Crippen LogP contribution in [0.2, 0.25) is 0 Å². The maximum Gasteiger partial charge on any atom is 0.289 e. The van der Waals surface area contributed by atoms with Crippen molar-refractivity contribution in [2.75, 3.05) is 13.1 Å². The molecule has 2 aliphatic rings. The van der Waals surface area contributed by atoms with E-state index in [1.807, 2.05) is 19.1 Å². The van der Waals surface area contributed by atoms with Crippen LogP contribution in [0.25, 0.3) is 0 Å². The number of aryl methyl sites for hydroxylation is 2. The Morgan fingerprint density at radius 2 is 1.96 bits per heavy atom. The van der Waals surface area contributed by atoms with Crippen LogP contribution in [0.15, 0.2) is 34.9 Å². The zero-order chi connectivity index (χ0) is 17.6. The highest BCUT2D eigenvalue weighted by atomic mass is 16.5. The van der Waals surface area contributed by atoms with Crippen LogP contribution in [0, 0.1) is 13.8 Å². The van der Waals surface area contributed by atoms with E-state index in [2.05, 4.69) is 6.92 Å². The van der Waals surface area contributed by atoms with Crippen molar-refractivity contribution in [3.8, 4) is 5.75 Å². The van der Waals surface area contributed by atoms with Crippen molar-refractivity contribution in [1.82, 2.24) is 4.90 Å². The molecular weight excluding hydrogens is 318 g/mol. The third kappa shape index (κ3) is 2.82. The summed E-state index contributed by atoms with van der Waals surface area (Å²) >= 11 is 0. The summed E-state index contributed by atoms with van der Waals surface area (Å²) in [4.78, 5) is 14.2. The van der Waals surface area contributed by atoms with Crippen LogP contribution < -0.4 is 4.74 Å². The maximum absolute atomic E-state index is 12.4. The van der Waals surface area contributed by atoms with Crippen molar-refractivity contribution in [2.24, 2.45) is 0 Å². The molecule has 1 N–H and O–H groups in total. The van der Waals surface area contributed by atoms with Crippen molar-refractivity contribution in [2.45, 2.75) is 44.8 Å². The Morgan fingerprint density at radius 1 is 1.24 bits per heavy atom. The van der Waals surface area contributed by atoms with Gasteiger partial charge >= 0.3 is 0 Å². The van der Waals surface area contributed by atoms with Crippen molar-refractivity contribution in [3.63, 3.8) is 0 Å². The first-order chi connectivity index (χ1) is 12.0. The van der Waals surface area contributed by atoms with E-state index >= 15 is 0 Å². The van der Waals surface area contributed by atoms with Gasteiger partial charge in [0.15, 0.2) is 5.76 Å². The van der Waals surface area contributed by atoms with Gasteiger partial charge in [-0.1, -0.05) is 0 Å². The van der Waals surface area contributed by atoms with Crippen LogP contribution in [0.3, 0.4) is 0 Å².